The van der Waals surface area contributed by atoms with E-state index in [9.17, 15) is 4.79 Å². The van der Waals surface area contributed by atoms with Crippen LogP contribution in [0.15, 0.2) is 36.9 Å². The Bertz CT molecular complexity index is 470. The van der Waals surface area contributed by atoms with Crippen LogP contribution in [-0.2, 0) is 14.9 Å². The summed E-state index contributed by atoms with van der Waals surface area (Å²) in [5.41, 5.74) is 0.662. The molecule has 1 rings (SSSR count). The Morgan fingerprint density at radius 2 is 2.11 bits per heavy atom. The van der Waals surface area contributed by atoms with Gasteiger partial charge in [0, 0.05) is 0 Å². The van der Waals surface area contributed by atoms with Crippen LogP contribution < -0.4 is 0 Å². The third kappa shape index (κ3) is 2.78. The average molecular weight is 243 g/mol. The summed E-state index contributed by atoms with van der Waals surface area (Å²) in [7, 11) is 0. The number of nitriles is 1. The standard InChI is InChI=1S/C15H17NO2/c1-4-10-15(3,14(17)18-5-2)13-8-6-12(11-16)7-9-13/h4,6-9H,1,5,10H2,2-3H3. The van der Waals surface area contributed by atoms with E-state index >= 15 is 0 Å². The molecule has 0 aliphatic heterocycles. The minimum absolute atomic E-state index is 0.269. The molecule has 0 radical (unpaired) electrons. The molecule has 18 heavy (non-hydrogen) atoms. The summed E-state index contributed by atoms with van der Waals surface area (Å²) >= 11 is 0. The van der Waals surface area contributed by atoms with E-state index in [-0.39, 0.29) is 5.97 Å². The summed E-state index contributed by atoms with van der Waals surface area (Å²) in [6.07, 6.45) is 2.20. The van der Waals surface area contributed by atoms with E-state index in [0.717, 1.165) is 5.56 Å². The Kier molecular flexibility index (Phi) is 4.67. The number of hydrogen-bond acceptors (Lipinski definition) is 3. The molecule has 1 atom stereocenters. The zero-order valence-electron chi connectivity index (χ0n) is 10.8. The average Bonchev–Trinajstić information content (AvgIpc) is 2.39. The van der Waals surface area contributed by atoms with Crippen LogP contribution in [0.25, 0.3) is 0 Å². The summed E-state index contributed by atoms with van der Waals surface area (Å²) in [4.78, 5) is 12.1. The molecule has 3 heteroatoms. The van der Waals surface area contributed by atoms with Gasteiger partial charge in [0.1, 0.15) is 0 Å². The van der Waals surface area contributed by atoms with Crippen molar-refractivity contribution in [3.8, 4) is 6.07 Å². The van der Waals surface area contributed by atoms with Crippen LogP contribution >= 0.6 is 0 Å². The van der Waals surface area contributed by atoms with Gasteiger partial charge in [-0.1, -0.05) is 18.2 Å². The highest BCUT2D eigenvalue weighted by atomic mass is 16.5. The van der Waals surface area contributed by atoms with Gasteiger partial charge in [0.05, 0.1) is 23.7 Å². The molecule has 3 nitrogen and oxygen atoms in total. The van der Waals surface area contributed by atoms with Gasteiger partial charge in [-0.05, 0) is 38.0 Å². The molecule has 0 N–H and O–H groups in total. The van der Waals surface area contributed by atoms with Crippen LogP contribution in [0, 0.1) is 11.3 Å². The quantitative estimate of drug-likeness (QED) is 0.590. The second-order valence-electron chi connectivity index (χ2n) is 4.23. The van der Waals surface area contributed by atoms with E-state index in [2.05, 4.69) is 12.6 Å². The van der Waals surface area contributed by atoms with Gasteiger partial charge in [0.15, 0.2) is 0 Å². The largest absolute Gasteiger partial charge is 0.465 e. The number of hydrogen-bond donors (Lipinski definition) is 0. The highest BCUT2D eigenvalue weighted by Gasteiger charge is 2.35. The monoisotopic (exact) mass is 243 g/mol. The van der Waals surface area contributed by atoms with Crippen molar-refractivity contribution >= 4 is 5.97 Å². The van der Waals surface area contributed by atoms with Crippen LogP contribution in [0.1, 0.15) is 31.4 Å². The highest BCUT2D eigenvalue weighted by Crippen LogP contribution is 2.30. The molecule has 0 saturated heterocycles. The summed E-state index contributed by atoms with van der Waals surface area (Å²) in [5.74, 6) is -0.269. The van der Waals surface area contributed by atoms with E-state index in [0.29, 0.717) is 18.6 Å². The van der Waals surface area contributed by atoms with Gasteiger partial charge < -0.3 is 4.74 Å². The Morgan fingerprint density at radius 3 is 2.56 bits per heavy atom. The Labute approximate surface area is 108 Å². The SMILES string of the molecule is C=CCC(C)(C(=O)OCC)c1ccc(C#N)cc1. The molecule has 0 aromatic heterocycles. The summed E-state index contributed by atoms with van der Waals surface area (Å²) in [6.45, 7) is 7.65. The van der Waals surface area contributed by atoms with E-state index < -0.39 is 5.41 Å². The lowest BCUT2D eigenvalue weighted by Gasteiger charge is -2.26. The molecular formula is C15H17NO2. The first-order valence-electron chi connectivity index (χ1n) is 5.87. The lowest BCUT2D eigenvalue weighted by atomic mass is 9.79. The van der Waals surface area contributed by atoms with Gasteiger partial charge in [-0.25, -0.2) is 0 Å². The van der Waals surface area contributed by atoms with E-state index in [4.69, 9.17) is 10.00 Å². The molecule has 0 bridgehead atoms. The number of carbonyl (C=O) groups excluding carboxylic acids is 1. The summed E-state index contributed by atoms with van der Waals surface area (Å²) < 4.78 is 5.12. The fourth-order valence-corrected chi connectivity index (χ4v) is 1.81. The third-order valence-corrected chi connectivity index (χ3v) is 2.93. The maximum Gasteiger partial charge on any atom is 0.316 e. The van der Waals surface area contributed by atoms with Crippen LogP contribution in [0.5, 0.6) is 0 Å². The first-order chi connectivity index (χ1) is 8.58. The van der Waals surface area contributed by atoms with Crippen molar-refractivity contribution in [2.75, 3.05) is 6.61 Å². The Balaban J connectivity index is 3.13. The van der Waals surface area contributed by atoms with Gasteiger partial charge >= 0.3 is 5.97 Å². The molecule has 0 spiro atoms. The molecule has 0 saturated carbocycles. The molecular weight excluding hydrogens is 226 g/mol. The molecule has 0 amide bonds. The number of carbonyl (C=O) groups is 1. The normalized spacial score (nSPS) is 13.2. The van der Waals surface area contributed by atoms with E-state index in [1.807, 2.05) is 6.92 Å². The summed E-state index contributed by atoms with van der Waals surface area (Å²) in [6, 6.07) is 9.05. The molecule has 0 fully saturated rings. The minimum atomic E-state index is -0.744. The number of rotatable bonds is 5. The lowest BCUT2D eigenvalue weighted by Crippen LogP contribution is -2.34. The van der Waals surface area contributed by atoms with Crippen molar-refractivity contribution in [3.63, 3.8) is 0 Å². The van der Waals surface area contributed by atoms with Crippen LogP contribution in [0.3, 0.4) is 0 Å². The second-order valence-corrected chi connectivity index (χ2v) is 4.23. The van der Waals surface area contributed by atoms with Gasteiger partial charge in [-0.15, -0.1) is 6.58 Å². The van der Waals surface area contributed by atoms with Crippen LogP contribution in [-0.4, -0.2) is 12.6 Å². The molecule has 0 aliphatic carbocycles. The fraction of sp³-hybridized carbons (Fsp3) is 0.333. The van der Waals surface area contributed by atoms with Crippen LogP contribution in [0.2, 0.25) is 0 Å². The van der Waals surface area contributed by atoms with Gasteiger partial charge in [-0.2, -0.15) is 5.26 Å². The van der Waals surface area contributed by atoms with Crippen molar-refractivity contribution < 1.29 is 9.53 Å². The number of nitrogens with zero attached hydrogens (tertiary/aromatic N) is 1. The second kappa shape index (κ2) is 6.02. The minimum Gasteiger partial charge on any atom is -0.465 e. The first-order valence-corrected chi connectivity index (χ1v) is 5.87. The first kappa shape index (κ1) is 14.0. The molecule has 1 aromatic carbocycles. The van der Waals surface area contributed by atoms with Crippen LogP contribution in [0.4, 0.5) is 0 Å². The predicted molar refractivity (Wildman–Crippen MR) is 70.0 cm³/mol. The third-order valence-electron chi connectivity index (χ3n) is 2.93. The molecule has 94 valence electrons. The number of allylic oxidation sites excluding steroid dienone is 1. The van der Waals surface area contributed by atoms with Crippen molar-refractivity contribution in [2.24, 2.45) is 0 Å². The zero-order valence-corrected chi connectivity index (χ0v) is 10.8. The van der Waals surface area contributed by atoms with E-state index in [1.165, 1.54) is 0 Å². The van der Waals surface area contributed by atoms with Crippen molar-refractivity contribution in [3.05, 3.63) is 48.0 Å². The van der Waals surface area contributed by atoms with E-state index in [1.54, 1.807) is 37.3 Å². The number of benzene rings is 1. The number of esters is 1. The van der Waals surface area contributed by atoms with Crippen molar-refractivity contribution in [2.45, 2.75) is 25.7 Å². The maximum absolute atomic E-state index is 12.1. The van der Waals surface area contributed by atoms with Gasteiger partial charge in [0.25, 0.3) is 0 Å². The predicted octanol–water partition coefficient (Wildman–Crippen LogP) is 2.96. The fourth-order valence-electron chi connectivity index (χ4n) is 1.81. The van der Waals surface area contributed by atoms with Crippen molar-refractivity contribution in [1.29, 1.82) is 5.26 Å². The lowest BCUT2D eigenvalue weighted by molar-refractivity contribution is -0.149. The highest BCUT2D eigenvalue weighted by molar-refractivity contribution is 5.83. The Hall–Kier alpha value is -2.08. The zero-order chi connectivity index (χ0) is 13.6. The van der Waals surface area contributed by atoms with Crippen molar-refractivity contribution in [1.82, 2.24) is 0 Å². The smallest absolute Gasteiger partial charge is 0.316 e. The maximum atomic E-state index is 12.1. The van der Waals surface area contributed by atoms with Gasteiger partial charge in [-0.3, -0.25) is 4.79 Å². The molecule has 0 heterocycles. The van der Waals surface area contributed by atoms with Gasteiger partial charge in [0.2, 0.25) is 0 Å². The molecule has 1 unspecified atom stereocenters. The molecule has 0 aliphatic rings. The topological polar surface area (TPSA) is 50.1 Å². The Morgan fingerprint density at radius 1 is 1.50 bits per heavy atom. The summed E-state index contributed by atoms with van der Waals surface area (Å²) in [5, 5.41) is 8.77. The molecule has 1 aromatic rings. The number of ether oxygens (including phenoxy) is 1.